The topological polar surface area (TPSA) is 121 Å². The van der Waals surface area contributed by atoms with E-state index in [9.17, 15) is 20.3 Å². The quantitative estimate of drug-likeness (QED) is 0.546. The molecule has 0 aromatic heterocycles. The molecular weight excluding hydrogens is 310 g/mol. The van der Waals surface area contributed by atoms with E-state index in [-0.39, 0.29) is 17.8 Å². The number of rotatable bonds is 4. The molecular formula is C14H25NO8. The number of hydrogen-bond acceptors (Lipinski definition) is 8. The van der Waals surface area contributed by atoms with E-state index < -0.39 is 48.6 Å². The maximum absolute atomic E-state index is 11.6. The Morgan fingerprint density at radius 2 is 1.83 bits per heavy atom. The summed E-state index contributed by atoms with van der Waals surface area (Å²) < 4.78 is 22.0. The fraction of sp³-hybridized carbons (Fsp3) is 1.00. The maximum Gasteiger partial charge on any atom is 0.252 e. The number of methoxy groups -OCH3 is 1. The van der Waals surface area contributed by atoms with Gasteiger partial charge in [-0.15, -0.1) is 0 Å². The molecule has 0 aromatic carbocycles. The Bertz CT molecular complexity index is 423. The third-order valence-corrected chi connectivity index (χ3v) is 4.64. The number of nitro groups is 1. The van der Waals surface area contributed by atoms with E-state index in [0.717, 1.165) is 0 Å². The highest BCUT2D eigenvalue weighted by Gasteiger charge is 2.56. The van der Waals surface area contributed by atoms with Gasteiger partial charge in [-0.05, 0) is 13.8 Å². The van der Waals surface area contributed by atoms with Gasteiger partial charge in [-0.25, -0.2) is 0 Å². The van der Waals surface area contributed by atoms with Crippen LogP contribution in [0.25, 0.3) is 0 Å². The Balaban J connectivity index is 2.14. The summed E-state index contributed by atoms with van der Waals surface area (Å²) in [6.45, 7) is 4.77. The van der Waals surface area contributed by atoms with Crippen molar-refractivity contribution >= 4 is 0 Å². The lowest BCUT2D eigenvalue weighted by molar-refractivity contribution is -0.598. The van der Waals surface area contributed by atoms with Gasteiger partial charge < -0.3 is 29.2 Å². The fourth-order valence-corrected chi connectivity index (χ4v) is 3.17. The highest BCUT2D eigenvalue weighted by Crippen LogP contribution is 2.36. The van der Waals surface area contributed by atoms with Crippen LogP contribution in [0.2, 0.25) is 0 Å². The molecule has 2 saturated heterocycles. The first kappa shape index (κ1) is 18.5. The Morgan fingerprint density at radius 3 is 2.35 bits per heavy atom. The van der Waals surface area contributed by atoms with E-state index in [1.165, 1.54) is 14.0 Å². The van der Waals surface area contributed by atoms with E-state index >= 15 is 0 Å². The molecule has 0 radical (unpaired) electrons. The van der Waals surface area contributed by atoms with Crippen molar-refractivity contribution in [1.29, 1.82) is 0 Å². The van der Waals surface area contributed by atoms with Gasteiger partial charge in [0.05, 0.1) is 24.7 Å². The number of nitrogens with zero attached hydrogens (tertiary/aromatic N) is 1. The predicted octanol–water partition coefficient (Wildman–Crippen LogP) is 0.0450. The Hall–Kier alpha value is -0.840. The Morgan fingerprint density at radius 1 is 1.22 bits per heavy atom. The summed E-state index contributed by atoms with van der Waals surface area (Å²) in [5.41, 5.74) is -1.41. The molecule has 134 valence electrons. The van der Waals surface area contributed by atoms with Crippen molar-refractivity contribution in [2.45, 2.75) is 82.3 Å². The second-order valence-corrected chi connectivity index (χ2v) is 6.45. The van der Waals surface area contributed by atoms with Crippen LogP contribution in [-0.2, 0) is 18.9 Å². The van der Waals surface area contributed by atoms with Gasteiger partial charge in [0.25, 0.3) is 5.54 Å². The first-order valence-corrected chi connectivity index (χ1v) is 7.68. The monoisotopic (exact) mass is 335 g/mol. The molecule has 0 unspecified atom stereocenters. The minimum Gasteiger partial charge on any atom is -0.390 e. The van der Waals surface area contributed by atoms with E-state index in [4.69, 9.17) is 18.9 Å². The highest BCUT2D eigenvalue weighted by molar-refractivity contribution is 4.94. The fourth-order valence-electron chi connectivity index (χ4n) is 3.17. The molecule has 23 heavy (non-hydrogen) atoms. The molecule has 9 heteroatoms. The van der Waals surface area contributed by atoms with Gasteiger partial charge in [-0.2, -0.15) is 0 Å². The summed E-state index contributed by atoms with van der Waals surface area (Å²) >= 11 is 0. The zero-order valence-corrected chi connectivity index (χ0v) is 13.7. The minimum absolute atomic E-state index is 0.0379. The van der Waals surface area contributed by atoms with Crippen molar-refractivity contribution in [2.24, 2.45) is 0 Å². The Labute approximate surface area is 134 Å². The van der Waals surface area contributed by atoms with Crippen molar-refractivity contribution in [3.8, 4) is 0 Å². The zero-order chi connectivity index (χ0) is 17.4. The van der Waals surface area contributed by atoms with Crippen molar-refractivity contribution in [3.63, 3.8) is 0 Å². The van der Waals surface area contributed by atoms with E-state index in [2.05, 4.69) is 0 Å². The van der Waals surface area contributed by atoms with Gasteiger partial charge in [0.1, 0.15) is 6.10 Å². The lowest BCUT2D eigenvalue weighted by Gasteiger charge is -2.44. The van der Waals surface area contributed by atoms with Gasteiger partial charge >= 0.3 is 0 Å². The molecule has 0 aromatic rings. The number of aliphatic hydroxyl groups excluding tert-OH is 2. The van der Waals surface area contributed by atoms with Gasteiger partial charge in [-0.1, -0.05) is 0 Å². The highest BCUT2D eigenvalue weighted by atomic mass is 16.7. The van der Waals surface area contributed by atoms with Crippen molar-refractivity contribution in [2.75, 3.05) is 7.11 Å². The normalized spacial score (nSPS) is 48.2. The van der Waals surface area contributed by atoms with Crippen molar-refractivity contribution < 1.29 is 34.1 Å². The van der Waals surface area contributed by atoms with Crippen LogP contribution in [0.5, 0.6) is 0 Å². The van der Waals surface area contributed by atoms with E-state index in [0.29, 0.717) is 0 Å². The third kappa shape index (κ3) is 3.65. The predicted molar refractivity (Wildman–Crippen MR) is 77.2 cm³/mol. The summed E-state index contributed by atoms with van der Waals surface area (Å²) in [6, 6.07) is 0. The van der Waals surface area contributed by atoms with Gasteiger partial charge in [0, 0.05) is 25.4 Å². The van der Waals surface area contributed by atoms with Gasteiger partial charge in [0.2, 0.25) is 0 Å². The Kier molecular flexibility index (Phi) is 5.59. The molecule has 9 nitrogen and oxygen atoms in total. The zero-order valence-electron chi connectivity index (χ0n) is 13.7. The standard InChI is InChI=1S/C14H25NO8/c1-7-12(17)9(16)5-10(21-7)23-13-8(2)22-11(20-4)6-14(13,3)15(18)19/h7-13,16-17H,5-6H2,1-4H3/t7-,8-,9-,10+,11+,12+,13-,14+/m0/s1. The van der Waals surface area contributed by atoms with Crippen LogP contribution in [0.4, 0.5) is 0 Å². The van der Waals surface area contributed by atoms with Crippen LogP contribution < -0.4 is 0 Å². The summed E-state index contributed by atoms with van der Waals surface area (Å²) in [6.07, 6.45) is -5.55. The average Bonchev–Trinajstić information content (AvgIpc) is 2.48. The van der Waals surface area contributed by atoms with Crippen LogP contribution in [0.3, 0.4) is 0 Å². The molecule has 2 aliphatic rings. The summed E-state index contributed by atoms with van der Waals surface area (Å²) in [7, 11) is 1.43. The SMILES string of the molecule is CO[C@H]1C[C@@](C)([N+](=O)[O-])[C@@H](O[C@@H]2C[C@H](O)[C@H](O)[C@H](C)O2)[C@H](C)O1. The molecule has 0 bridgehead atoms. The van der Waals surface area contributed by atoms with Crippen molar-refractivity contribution in [1.82, 2.24) is 0 Å². The average molecular weight is 335 g/mol. The van der Waals surface area contributed by atoms with Crippen LogP contribution >= 0.6 is 0 Å². The van der Waals surface area contributed by atoms with Crippen LogP contribution in [0, 0.1) is 10.1 Å². The maximum atomic E-state index is 11.6. The van der Waals surface area contributed by atoms with E-state index in [1.807, 2.05) is 0 Å². The summed E-state index contributed by atoms with van der Waals surface area (Å²) in [5, 5.41) is 31.1. The van der Waals surface area contributed by atoms with Crippen molar-refractivity contribution in [3.05, 3.63) is 10.1 Å². The lowest BCUT2D eigenvalue weighted by Crippen LogP contribution is -2.62. The molecule has 0 amide bonds. The number of aliphatic hydroxyl groups is 2. The number of ether oxygens (including phenoxy) is 4. The summed E-state index contributed by atoms with van der Waals surface area (Å²) in [5.74, 6) is 0. The second-order valence-electron chi connectivity index (χ2n) is 6.45. The molecule has 8 atom stereocenters. The molecule has 0 spiro atoms. The number of hydrogen-bond donors (Lipinski definition) is 2. The molecule has 2 N–H and O–H groups in total. The van der Waals surface area contributed by atoms with Gasteiger partial charge in [-0.3, -0.25) is 10.1 Å². The molecule has 2 heterocycles. The smallest absolute Gasteiger partial charge is 0.252 e. The third-order valence-electron chi connectivity index (χ3n) is 4.64. The largest absolute Gasteiger partial charge is 0.390 e. The van der Waals surface area contributed by atoms with E-state index in [1.54, 1.807) is 13.8 Å². The van der Waals surface area contributed by atoms with Crippen LogP contribution in [-0.4, -0.2) is 70.9 Å². The lowest BCUT2D eigenvalue weighted by atomic mass is 9.85. The van der Waals surface area contributed by atoms with Gasteiger partial charge in [0.15, 0.2) is 18.7 Å². The van der Waals surface area contributed by atoms with Crippen LogP contribution in [0.15, 0.2) is 0 Å². The molecule has 2 rings (SSSR count). The second kappa shape index (κ2) is 6.96. The minimum atomic E-state index is -1.41. The summed E-state index contributed by atoms with van der Waals surface area (Å²) in [4.78, 5) is 11.2. The van der Waals surface area contributed by atoms with Crippen LogP contribution in [0.1, 0.15) is 33.6 Å². The molecule has 0 saturated carbocycles. The molecule has 2 fully saturated rings. The first-order valence-electron chi connectivity index (χ1n) is 7.68. The first-order chi connectivity index (χ1) is 10.7. The molecule has 0 aliphatic carbocycles. The molecule has 2 aliphatic heterocycles.